The maximum Gasteiger partial charge on any atom is 0.253 e. The van der Waals surface area contributed by atoms with Crippen LogP contribution in [-0.2, 0) is 9.59 Å². The second-order valence-electron chi connectivity index (χ2n) is 5.64. The van der Waals surface area contributed by atoms with E-state index in [2.05, 4.69) is 10.3 Å². The number of nitrogens with zero attached hydrogens (tertiary/aromatic N) is 2. The molecule has 1 aromatic rings. The van der Waals surface area contributed by atoms with E-state index in [0.29, 0.717) is 5.69 Å². The smallest absolute Gasteiger partial charge is 0.253 e. The Morgan fingerprint density at radius 1 is 1.37 bits per heavy atom. The third kappa shape index (κ3) is 1.99. The Labute approximate surface area is 112 Å². The van der Waals surface area contributed by atoms with Crippen LogP contribution in [0.25, 0.3) is 0 Å². The number of pyridine rings is 1. The first kappa shape index (κ1) is 12.1. The Hall–Kier alpha value is -1.91. The van der Waals surface area contributed by atoms with Gasteiger partial charge >= 0.3 is 0 Å². The summed E-state index contributed by atoms with van der Waals surface area (Å²) in [4.78, 5) is 30.2. The molecule has 1 atom stereocenters. The fourth-order valence-corrected chi connectivity index (χ4v) is 2.71. The van der Waals surface area contributed by atoms with E-state index in [4.69, 9.17) is 0 Å². The topological polar surface area (TPSA) is 62.3 Å². The number of hydrogen-bond donors (Lipinski definition) is 1. The molecule has 0 spiro atoms. The molecular weight excluding hydrogens is 242 g/mol. The van der Waals surface area contributed by atoms with Crippen LogP contribution < -0.4 is 10.2 Å². The van der Waals surface area contributed by atoms with Crippen LogP contribution in [0.4, 0.5) is 5.69 Å². The summed E-state index contributed by atoms with van der Waals surface area (Å²) in [6.07, 6.45) is 5.37. The molecule has 1 unspecified atom stereocenters. The van der Waals surface area contributed by atoms with E-state index in [1.54, 1.807) is 17.3 Å². The molecule has 2 heterocycles. The molecule has 5 nitrogen and oxygen atoms in total. The fourth-order valence-electron chi connectivity index (χ4n) is 2.71. The van der Waals surface area contributed by atoms with Gasteiger partial charge in [-0.25, -0.2) is 0 Å². The molecular formula is C14H17N3O2. The zero-order chi connectivity index (χ0) is 13.6. The first-order valence-corrected chi connectivity index (χ1v) is 6.55. The maximum atomic E-state index is 12.7. The highest BCUT2D eigenvalue weighted by Crippen LogP contribution is 2.42. The second-order valence-corrected chi connectivity index (χ2v) is 5.64. The Morgan fingerprint density at radius 3 is 2.74 bits per heavy atom. The summed E-state index contributed by atoms with van der Waals surface area (Å²) in [6, 6.07) is 1.89. The zero-order valence-corrected chi connectivity index (χ0v) is 11.1. The highest BCUT2D eigenvalue weighted by molar-refractivity contribution is 6.09. The number of amides is 2. The molecule has 1 aliphatic heterocycles. The lowest BCUT2D eigenvalue weighted by atomic mass is 9.91. The van der Waals surface area contributed by atoms with E-state index in [1.807, 2.05) is 19.9 Å². The van der Waals surface area contributed by atoms with Gasteiger partial charge in [0.05, 0.1) is 11.9 Å². The minimum Gasteiger partial charge on any atom is -0.340 e. The van der Waals surface area contributed by atoms with Crippen molar-refractivity contribution in [3.8, 4) is 0 Å². The minimum absolute atomic E-state index is 0.0259. The van der Waals surface area contributed by atoms with Gasteiger partial charge in [-0.15, -0.1) is 0 Å². The predicted octanol–water partition coefficient (Wildman–Crippen LogP) is 1.02. The van der Waals surface area contributed by atoms with Crippen molar-refractivity contribution in [2.75, 3.05) is 11.4 Å². The van der Waals surface area contributed by atoms with Gasteiger partial charge in [-0.1, -0.05) is 0 Å². The molecule has 2 amide bonds. The van der Waals surface area contributed by atoms with Crippen molar-refractivity contribution in [2.24, 2.45) is 5.92 Å². The zero-order valence-electron chi connectivity index (χ0n) is 11.1. The van der Waals surface area contributed by atoms with Gasteiger partial charge in [0.2, 0.25) is 5.91 Å². The molecule has 0 radical (unpaired) electrons. The summed E-state index contributed by atoms with van der Waals surface area (Å²) >= 11 is 0. The lowest BCUT2D eigenvalue weighted by Gasteiger charge is -2.40. The van der Waals surface area contributed by atoms with Crippen LogP contribution in [0.5, 0.6) is 0 Å². The molecule has 3 rings (SSSR count). The van der Waals surface area contributed by atoms with Gasteiger partial charge in [-0.3, -0.25) is 19.5 Å². The molecule has 1 aliphatic carbocycles. The average molecular weight is 259 g/mol. The third-order valence-corrected chi connectivity index (χ3v) is 3.96. The molecule has 2 fully saturated rings. The molecule has 1 saturated heterocycles. The Bertz CT molecular complexity index is 553. The Morgan fingerprint density at radius 2 is 2.11 bits per heavy atom. The van der Waals surface area contributed by atoms with Crippen molar-refractivity contribution in [1.29, 1.82) is 0 Å². The van der Waals surface area contributed by atoms with Crippen LogP contribution in [0.2, 0.25) is 0 Å². The summed E-state index contributed by atoms with van der Waals surface area (Å²) in [5, 5.41) is 2.87. The Kier molecular flexibility index (Phi) is 2.59. The van der Waals surface area contributed by atoms with Crippen molar-refractivity contribution in [3.05, 3.63) is 24.0 Å². The summed E-state index contributed by atoms with van der Waals surface area (Å²) < 4.78 is 0. The molecule has 2 aliphatic rings. The van der Waals surface area contributed by atoms with E-state index in [9.17, 15) is 9.59 Å². The lowest BCUT2D eigenvalue weighted by Crippen LogP contribution is -2.66. The van der Waals surface area contributed by atoms with Gasteiger partial charge in [0, 0.05) is 6.20 Å². The summed E-state index contributed by atoms with van der Waals surface area (Å²) in [5.41, 5.74) is 0.926. The third-order valence-electron chi connectivity index (χ3n) is 3.96. The van der Waals surface area contributed by atoms with Crippen LogP contribution in [0.3, 0.4) is 0 Å². The summed E-state index contributed by atoms with van der Waals surface area (Å²) in [7, 11) is 0. The molecule has 1 saturated carbocycles. The van der Waals surface area contributed by atoms with Crippen molar-refractivity contribution in [3.63, 3.8) is 0 Å². The molecule has 1 N–H and O–H groups in total. The highest BCUT2D eigenvalue weighted by atomic mass is 16.2. The highest BCUT2D eigenvalue weighted by Gasteiger charge is 2.52. The van der Waals surface area contributed by atoms with E-state index in [-0.39, 0.29) is 24.3 Å². The van der Waals surface area contributed by atoms with Crippen molar-refractivity contribution in [2.45, 2.75) is 32.2 Å². The molecule has 0 bridgehead atoms. The SMILES string of the molecule is Cc1cncc(N2CC(=O)NC(C)(C3CC3)C2=O)c1. The standard InChI is InChI=1S/C14H17N3O2/c1-9-5-11(7-15-6-9)17-8-12(18)16-14(2,13(17)19)10-3-4-10/h5-7,10H,3-4,8H2,1-2H3,(H,16,18). The van der Waals surface area contributed by atoms with Crippen LogP contribution in [0, 0.1) is 12.8 Å². The van der Waals surface area contributed by atoms with Gasteiger partial charge in [0.15, 0.2) is 0 Å². The number of nitrogens with one attached hydrogen (secondary N) is 1. The van der Waals surface area contributed by atoms with E-state index in [0.717, 1.165) is 18.4 Å². The first-order chi connectivity index (χ1) is 9.00. The van der Waals surface area contributed by atoms with Gasteiger partial charge in [-0.05, 0) is 44.2 Å². The van der Waals surface area contributed by atoms with Gasteiger partial charge in [0.25, 0.3) is 5.91 Å². The van der Waals surface area contributed by atoms with Gasteiger partial charge < -0.3 is 5.32 Å². The van der Waals surface area contributed by atoms with Crippen LogP contribution >= 0.6 is 0 Å². The average Bonchev–Trinajstić information content (AvgIpc) is 3.18. The molecule has 19 heavy (non-hydrogen) atoms. The van der Waals surface area contributed by atoms with Crippen molar-refractivity contribution >= 4 is 17.5 Å². The normalized spacial score (nSPS) is 27.4. The largest absolute Gasteiger partial charge is 0.340 e. The monoisotopic (exact) mass is 259 g/mol. The van der Waals surface area contributed by atoms with Crippen LogP contribution in [-0.4, -0.2) is 28.9 Å². The molecule has 5 heteroatoms. The number of hydrogen-bond acceptors (Lipinski definition) is 3. The summed E-state index contributed by atoms with van der Waals surface area (Å²) in [5.74, 6) is 0.141. The number of anilines is 1. The number of aromatic nitrogens is 1. The molecule has 0 aromatic carbocycles. The maximum absolute atomic E-state index is 12.7. The Balaban J connectivity index is 1.96. The number of carbonyl (C=O) groups is 2. The van der Waals surface area contributed by atoms with Crippen LogP contribution in [0.1, 0.15) is 25.3 Å². The van der Waals surface area contributed by atoms with Crippen molar-refractivity contribution < 1.29 is 9.59 Å². The molecule has 1 aromatic heterocycles. The van der Waals surface area contributed by atoms with Gasteiger partial charge in [-0.2, -0.15) is 0 Å². The fraction of sp³-hybridized carbons (Fsp3) is 0.500. The first-order valence-electron chi connectivity index (χ1n) is 6.55. The number of carbonyl (C=O) groups excluding carboxylic acids is 2. The number of aryl methyl sites for hydroxylation is 1. The number of rotatable bonds is 2. The van der Waals surface area contributed by atoms with Crippen LogP contribution in [0.15, 0.2) is 18.5 Å². The van der Waals surface area contributed by atoms with Crippen molar-refractivity contribution in [1.82, 2.24) is 10.3 Å². The van der Waals surface area contributed by atoms with E-state index >= 15 is 0 Å². The van der Waals surface area contributed by atoms with E-state index in [1.165, 1.54) is 0 Å². The predicted molar refractivity (Wildman–Crippen MR) is 70.6 cm³/mol. The molecule has 100 valence electrons. The minimum atomic E-state index is -0.751. The summed E-state index contributed by atoms with van der Waals surface area (Å²) in [6.45, 7) is 3.83. The number of piperazine rings is 1. The van der Waals surface area contributed by atoms with E-state index < -0.39 is 5.54 Å². The lowest BCUT2D eigenvalue weighted by molar-refractivity contribution is -0.136. The second kappa shape index (κ2) is 4.05. The van der Waals surface area contributed by atoms with Gasteiger partial charge in [0.1, 0.15) is 12.1 Å². The quantitative estimate of drug-likeness (QED) is 0.862.